The number of aryl methyl sites for hydroxylation is 1. The molecule has 6 nitrogen and oxygen atoms in total. The van der Waals surface area contributed by atoms with Crippen LogP contribution in [-0.4, -0.2) is 22.1 Å². The summed E-state index contributed by atoms with van der Waals surface area (Å²) in [6, 6.07) is 7.42. The van der Waals surface area contributed by atoms with Gasteiger partial charge in [-0.05, 0) is 48.4 Å². The van der Waals surface area contributed by atoms with Gasteiger partial charge in [0.25, 0.3) is 5.91 Å². The Balaban J connectivity index is 1.58. The van der Waals surface area contributed by atoms with E-state index in [9.17, 15) is 4.79 Å². The van der Waals surface area contributed by atoms with Crippen LogP contribution >= 0.6 is 0 Å². The van der Waals surface area contributed by atoms with Crippen LogP contribution in [0.1, 0.15) is 68.5 Å². The number of hydrogen-bond donors (Lipinski definition) is 1. The topological polar surface area (TPSA) is 77.2 Å². The minimum atomic E-state index is -0.0171. The Morgan fingerprint density at radius 3 is 2.56 bits per heavy atom. The van der Waals surface area contributed by atoms with Gasteiger partial charge in [0.1, 0.15) is 5.75 Å². The van der Waals surface area contributed by atoms with Gasteiger partial charge in [-0.2, -0.15) is 4.98 Å². The molecule has 1 aromatic carbocycles. The molecule has 1 fully saturated rings. The van der Waals surface area contributed by atoms with E-state index >= 15 is 0 Å². The number of carbonyl (C=O) groups is 1. The molecule has 1 aliphatic carbocycles. The number of benzene rings is 1. The summed E-state index contributed by atoms with van der Waals surface area (Å²) in [5.74, 6) is 2.17. The quantitative estimate of drug-likeness (QED) is 0.848. The molecule has 2 unspecified atom stereocenters. The van der Waals surface area contributed by atoms with E-state index in [1.54, 1.807) is 31.2 Å². The lowest BCUT2D eigenvalue weighted by molar-refractivity contribution is 0.0830. The van der Waals surface area contributed by atoms with Gasteiger partial charge >= 0.3 is 0 Å². The average Bonchev–Trinajstić information content (AvgIpc) is 3.05. The van der Waals surface area contributed by atoms with Crippen LogP contribution in [0.4, 0.5) is 0 Å². The summed E-state index contributed by atoms with van der Waals surface area (Å²) in [5, 5.41) is 7.05. The molecule has 3 rings (SSSR count). The third-order valence-corrected chi connectivity index (χ3v) is 5.25. The van der Waals surface area contributed by atoms with E-state index in [0.29, 0.717) is 28.9 Å². The molecule has 0 saturated heterocycles. The van der Waals surface area contributed by atoms with Crippen molar-refractivity contribution in [3.05, 3.63) is 41.5 Å². The zero-order valence-electron chi connectivity index (χ0n) is 16.6. The molecule has 1 saturated carbocycles. The maximum Gasteiger partial charge on any atom is 0.251 e. The number of rotatable bonds is 5. The third-order valence-electron chi connectivity index (χ3n) is 5.25. The maximum absolute atomic E-state index is 12.7. The lowest BCUT2D eigenvalue weighted by Gasteiger charge is -2.40. The summed E-state index contributed by atoms with van der Waals surface area (Å²) in [6.45, 7) is 8.76. The number of nitrogens with zero attached hydrogens (tertiary/aromatic N) is 2. The predicted octanol–water partition coefficient (Wildman–Crippen LogP) is 4.29. The van der Waals surface area contributed by atoms with Crippen LogP contribution in [-0.2, 0) is 6.61 Å². The summed E-state index contributed by atoms with van der Waals surface area (Å²) >= 11 is 0. The highest BCUT2D eigenvalue weighted by Gasteiger charge is 2.34. The van der Waals surface area contributed by atoms with E-state index in [1.807, 2.05) is 0 Å². The Kier molecular flexibility index (Phi) is 5.82. The second-order valence-electron chi connectivity index (χ2n) is 8.38. The molecule has 6 heteroatoms. The van der Waals surface area contributed by atoms with Crippen LogP contribution in [0.25, 0.3) is 0 Å². The van der Waals surface area contributed by atoms with E-state index in [-0.39, 0.29) is 24.0 Å². The first-order valence-corrected chi connectivity index (χ1v) is 9.66. The van der Waals surface area contributed by atoms with Crippen molar-refractivity contribution in [1.82, 2.24) is 15.5 Å². The highest BCUT2D eigenvalue weighted by Crippen LogP contribution is 2.38. The van der Waals surface area contributed by atoms with Gasteiger partial charge in [-0.1, -0.05) is 38.8 Å². The summed E-state index contributed by atoms with van der Waals surface area (Å²) in [7, 11) is 0. The van der Waals surface area contributed by atoms with Gasteiger partial charge in [-0.25, -0.2) is 0 Å². The molecule has 0 spiro atoms. The molecule has 1 heterocycles. The molecule has 0 aliphatic heterocycles. The first kappa shape index (κ1) is 19.4. The number of aromatic nitrogens is 2. The molecule has 2 aromatic rings. The minimum absolute atomic E-state index is 0.0171. The molecule has 1 aromatic heterocycles. The molecule has 2 atom stereocenters. The lowest BCUT2D eigenvalue weighted by Crippen LogP contribution is -2.46. The Labute approximate surface area is 160 Å². The first-order chi connectivity index (χ1) is 12.8. The van der Waals surface area contributed by atoms with Crippen LogP contribution < -0.4 is 10.1 Å². The molecular formula is C21H29N3O3. The highest BCUT2D eigenvalue weighted by atomic mass is 16.5. The van der Waals surface area contributed by atoms with Crippen molar-refractivity contribution >= 4 is 5.91 Å². The number of carbonyl (C=O) groups excluding carboxylic acids is 1. The second kappa shape index (κ2) is 8.11. The molecule has 1 aliphatic rings. The zero-order valence-corrected chi connectivity index (χ0v) is 16.6. The normalized spacial score (nSPS) is 20.3. The van der Waals surface area contributed by atoms with Crippen molar-refractivity contribution in [2.24, 2.45) is 11.3 Å². The molecule has 27 heavy (non-hydrogen) atoms. The molecular weight excluding hydrogens is 342 g/mol. The van der Waals surface area contributed by atoms with Gasteiger partial charge in [-0.15, -0.1) is 0 Å². The van der Waals surface area contributed by atoms with Gasteiger partial charge < -0.3 is 14.6 Å². The molecule has 1 amide bonds. The fourth-order valence-electron chi connectivity index (χ4n) is 3.84. The fraction of sp³-hybridized carbons (Fsp3) is 0.571. The lowest BCUT2D eigenvalue weighted by atomic mass is 9.69. The van der Waals surface area contributed by atoms with E-state index in [0.717, 1.165) is 6.42 Å². The monoisotopic (exact) mass is 371 g/mol. The molecule has 0 bridgehead atoms. The Bertz CT molecular complexity index is 762. The summed E-state index contributed by atoms with van der Waals surface area (Å²) in [6.07, 6.45) is 4.66. The standard InChI is InChI=1S/C21H29N3O3/c1-14-22-19(24-27-14)13-26-16-11-9-15(10-12-16)20(25)23-18-8-6-5-7-17(18)21(2,3)4/h9-12,17-18H,5-8,13H2,1-4H3,(H,23,25). The fourth-order valence-corrected chi connectivity index (χ4v) is 3.84. The third kappa shape index (κ3) is 5.08. The summed E-state index contributed by atoms with van der Waals surface area (Å²) in [5.41, 5.74) is 0.847. The predicted molar refractivity (Wildman–Crippen MR) is 102 cm³/mol. The van der Waals surface area contributed by atoms with Crippen molar-refractivity contribution in [3.8, 4) is 5.75 Å². The van der Waals surface area contributed by atoms with Crippen LogP contribution in [0.3, 0.4) is 0 Å². The first-order valence-electron chi connectivity index (χ1n) is 9.66. The van der Waals surface area contributed by atoms with Gasteiger partial charge in [0.15, 0.2) is 6.61 Å². The minimum Gasteiger partial charge on any atom is -0.485 e. The van der Waals surface area contributed by atoms with E-state index in [4.69, 9.17) is 9.26 Å². The van der Waals surface area contributed by atoms with Crippen LogP contribution in [0, 0.1) is 18.3 Å². The van der Waals surface area contributed by atoms with Gasteiger partial charge in [0.05, 0.1) is 0 Å². The number of nitrogens with one attached hydrogen (secondary N) is 1. The van der Waals surface area contributed by atoms with Crippen molar-refractivity contribution < 1.29 is 14.1 Å². The van der Waals surface area contributed by atoms with Crippen LogP contribution in [0.15, 0.2) is 28.8 Å². The molecule has 146 valence electrons. The smallest absolute Gasteiger partial charge is 0.251 e. The summed E-state index contributed by atoms with van der Waals surface area (Å²) in [4.78, 5) is 16.8. The second-order valence-corrected chi connectivity index (χ2v) is 8.38. The van der Waals surface area contributed by atoms with E-state index in [1.165, 1.54) is 19.3 Å². The van der Waals surface area contributed by atoms with Gasteiger partial charge in [-0.3, -0.25) is 4.79 Å². The van der Waals surface area contributed by atoms with Gasteiger partial charge in [0.2, 0.25) is 11.7 Å². The van der Waals surface area contributed by atoms with Crippen LogP contribution in [0.2, 0.25) is 0 Å². The van der Waals surface area contributed by atoms with Crippen molar-refractivity contribution in [1.29, 1.82) is 0 Å². The largest absolute Gasteiger partial charge is 0.485 e. The molecule has 0 radical (unpaired) electrons. The van der Waals surface area contributed by atoms with E-state index in [2.05, 4.69) is 36.2 Å². The highest BCUT2D eigenvalue weighted by molar-refractivity contribution is 5.94. The number of ether oxygens (including phenoxy) is 1. The Morgan fingerprint density at radius 1 is 1.22 bits per heavy atom. The number of hydrogen-bond acceptors (Lipinski definition) is 5. The van der Waals surface area contributed by atoms with E-state index < -0.39 is 0 Å². The maximum atomic E-state index is 12.7. The summed E-state index contributed by atoms with van der Waals surface area (Å²) < 4.78 is 10.5. The van der Waals surface area contributed by atoms with Crippen LogP contribution in [0.5, 0.6) is 5.75 Å². The van der Waals surface area contributed by atoms with Gasteiger partial charge in [0, 0.05) is 18.5 Å². The number of amides is 1. The Hall–Kier alpha value is -2.37. The molecule has 1 N–H and O–H groups in total. The zero-order chi connectivity index (χ0) is 19.4. The van der Waals surface area contributed by atoms with Crippen molar-refractivity contribution in [2.75, 3.05) is 0 Å². The van der Waals surface area contributed by atoms with Crippen molar-refractivity contribution in [3.63, 3.8) is 0 Å². The van der Waals surface area contributed by atoms with Crippen molar-refractivity contribution in [2.45, 2.75) is 66.0 Å². The SMILES string of the molecule is Cc1nc(COc2ccc(C(=O)NC3CCCCC3C(C)(C)C)cc2)no1. The average molecular weight is 371 g/mol. The Morgan fingerprint density at radius 2 is 1.93 bits per heavy atom.